The van der Waals surface area contributed by atoms with Gasteiger partial charge in [0.25, 0.3) is 0 Å². The Labute approximate surface area is 115 Å². The van der Waals surface area contributed by atoms with Crippen LogP contribution in [0.15, 0.2) is 23.1 Å². The van der Waals surface area contributed by atoms with Crippen LogP contribution in [-0.2, 0) is 10.0 Å². The lowest BCUT2D eigenvalue weighted by molar-refractivity contribution is 0.389. The summed E-state index contributed by atoms with van der Waals surface area (Å²) in [7, 11) is -2.37. The maximum absolute atomic E-state index is 11.5. The third-order valence-electron chi connectivity index (χ3n) is 2.67. The fourth-order valence-corrected chi connectivity index (χ4v) is 2.31. The molecular formula is C13H22N2O3S. The SMILES string of the molecule is COc1ccc(NCCC(C)(C)C)cc1S(N)(=O)=O. The van der Waals surface area contributed by atoms with E-state index >= 15 is 0 Å². The van der Waals surface area contributed by atoms with Gasteiger partial charge in [-0.15, -0.1) is 0 Å². The van der Waals surface area contributed by atoms with Gasteiger partial charge in [0.05, 0.1) is 7.11 Å². The van der Waals surface area contributed by atoms with Gasteiger partial charge in [-0.25, -0.2) is 13.6 Å². The Morgan fingerprint density at radius 3 is 2.42 bits per heavy atom. The number of nitrogens with one attached hydrogen (secondary N) is 1. The molecule has 0 atom stereocenters. The molecule has 0 aliphatic carbocycles. The van der Waals surface area contributed by atoms with Crippen molar-refractivity contribution in [1.29, 1.82) is 0 Å². The molecule has 0 unspecified atom stereocenters. The van der Waals surface area contributed by atoms with Crippen molar-refractivity contribution in [2.45, 2.75) is 32.1 Å². The number of methoxy groups -OCH3 is 1. The zero-order valence-electron chi connectivity index (χ0n) is 11.9. The number of sulfonamides is 1. The number of ether oxygens (including phenoxy) is 1. The van der Waals surface area contributed by atoms with Crippen LogP contribution in [0.25, 0.3) is 0 Å². The van der Waals surface area contributed by atoms with Crippen molar-refractivity contribution in [3.8, 4) is 5.75 Å². The van der Waals surface area contributed by atoms with E-state index in [0.29, 0.717) is 5.69 Å². The summed E-state index contributed by atoms with van der Waals surface area (Å²) in [5.74, 6) is 0.254. The lowest BCUT2D eigenvalue weighted by Gasteiger charge is -2.19. The van der Waals surface area contributed by atoms with Gasteiger partial charge in [-0.05, 0) is 30.0 Å². The average molecular weight is 286 g/mol. The summed E-state index contributed by atoms with van der Waals surface area (Å²) >= 11 is 0. The number of benzene rings is 1. The van der Waals surface area contributed by atoms with Gasteiger partial charge in [0.2, 0.25) is 10.0 Å². The molecule has 0 radical (unpaired) electrons. The van der Waals surface area contributed by atoms with Crippen molar-refractivity contribution >= 4 is 15.7 Å². The summed E-state index contributed by atoms with van der Waals surface area (Å²) < 4.78 is 27.9. The first-order chi connectivity index (χ1) is 8.63. The molecule has 108 valence electrons. The minimum Gasteiger partial charge on any atom is -0.495 e. The molecule has 0 saturated heterocycles. The maximum atomic E-state index is 11.5. The van der Waals surface area contributed by atoms with Gasteiger partial charge in [0.15, 0.2) is 0 Å². The Kier molecular flexibility index (Phi) is 4.81. The van der Waals surface area contributed by atoms with Crippen molar-refractivity contribution in [2.75, 3.05) is 19.0 Å². The van der Waals surface area contributed by atoms with Crippen LogP contribution in [0.3, 0.4) is 0 Å². The molecular weight excluding hydrogens is 264 g/mol. The number of primary sulfonamides is 1. The van der Waals surface area contributed by atoms with E-state index in [1.54, 1.807) is 12.1 Å². The van der Waals surface area contributed by atoms with Crippen LogP contribution in [0.5, 0.6) is 5.75 Å². The molecule has 3 N–H and O–H groups in total. The molecule has 0 aliphatic heterocycles. The van der Waals surface area contributed by atoms with E-state index < -0.39 is 10.0 Å². The standard InChI is InChI=1S/C13H22N2O3S/c1-13(2,3)7-8-15-10-5-6-11(18-4)12(9-10)19(14,16)17/h5-6,9,15H,7-8H2,1-4H3,(H2,14,16,17). The monoisotopic (exact) mass is 286 g/mol. The van der Waals surface area contributed by atoms with Gasteiger partial charge >= 0.3 is 0 Å². The van der Waals surface area contributed by atoms with Gasteiger partial charge in [0.1, 0.15) is 10.6 Å². The minimum absolute atomic E-state index is 0.00393. The zero-order valence-corrected chi connectivity index (χ0v) is 12.7. The third kappa shape index (κ3) is 5.08. The van der Waals surface area contributed by atoms with Crippen LogP contribution in [0.1, 0.15) is 27.2 Å². The molecule has 19 heavy (non-hydrogen) atoms. The van der Waals surface area contributed by atoms with E-state index in [-0.39, 0.29) is 16.1 Å². The second-order valence-corrected chi connectivity index (χ2v) is 7.18. The van der Waals surface area contributed by atoms with Crippen molar-refractivity contribution in [1.82, 2.24) is 0 Å². The molecule has 1 rings (SSSR count). The number of nitrogens with two attached hydrogens (primary N) is 1. The molecule has 0 saturated carbocycles. The summed E-state index contributed by atoms with van der Waals surface area (Å²) in [5, 5.41) is 8.35. The van der Waals surface area contributed by atoms with Crippen LogP contribution < -0.4 is 15.2 Å². The third-order valence-corrected chi connectivity index (χ3v) is 3.61. The quantitative estimate of drug-likeness (QED) is 0.869. The topological polar surface area (TPSA) is 81.4 Å². The summed E-state index contributed by atoms with van der Waals surface area (Å²) in [5.41, 5.74) is 0.941. The number of hydrogen-bond acceptors (Lipinski definition) is 4. The van der Waals surface area contributed by atoms with Crippen LogP contribution in [0, 0.1) is 5.41 Å². The fraction of sp³-hybridized carbons (Fsp3) is 0.538. The van der Waals surface area contributed by atoms with E-state index in [2.05, 4.69) is 26.1 Å². The molecule has 1 aromatic rings. The Balaban J connectivity index is 2.88. The molecule has 1 aromatic carbocycles. The van der Waals surface area contributed by atoms with E-state index in [1.165, 1.54) is 13.2 Å². The smallest absolute Gasteiger partial charge is 0.241 e. The van der Waals surface area contributed by atoms with Gasteiger partial charge in [-0.1, -0.05) is 20.8 Å². The van der Waals surface area contributed by atoms with Crippen LogP contribution in [0.4, 0.5) is 5.69 Å². The number of hydrogen-bond donors (Lipinski definition) is 2. The molecule has 0 aliphatic rings. The van der Waals surface area contributed by atoms with E-state index in [0.717, 1.165) is 13.0 Å². The second-order valence-electron chi connectivity index (χ2n) is 5.65. The van der Waals surface area contributed by atoms with E-state index in [4.69, 9.17) is 9.88 Å². The molecule has 0 spiro atoms. The Hall–Kier alpha value is -1.27. The van der Waals surface area contributed by atoms with Crippen LogP contribution in [0.2, 0.25) is 0 Å². The van der Waals surface area contributed by atoms with Gasteiger partial charge in [-0.3, -0.25) is 0 Å². The predicted molar refractivity (Wildman–Crippen MR) is 76.9 cm³/mol. The molecule has 0 fully saturated rings. The number of rotatable bonds is 5. The zero-order chi connectivity index (χ0) is 14.7. The highest BCUT2D eigenvalue weighted by Crippen LogP contribution is 2.26. The highest BCUT2D eigenvalue weighted by molar-refractivity contribution is 7.89. The normalized spacial score (nSPS) is 12.3. The second kappa shape index (κ2) is 5.79. The lowest BCUT2D eigenvalue weighted by Crippen LogP contribution is -2.15. The van der Waals surface area contributed by atoms with Crippen molar-refractivity contribution in [3.05, 3.63) is 18.2 Å². The highest BCUT2D eigenvalue weighted by Gasteiger charge is 2.16. The van der Waals surface area contributed by atoms with Gasteiger partial charge in [0, 0.05) is 12.2 Å². The first-order valence-electron chi connectivity index (χ1n) is 6.08. The predicted octanol–water partition coefficient (Wildman–Crippen LogP) is 2.19. The summed E-state index contributed by atoms with van der Waals surface area (Å²) in [6.07, 6.45) is 0.976. The highest BCUT2D eigenvalue weighted by atomic mass is 32.2. The van der Waals surface area contributed by atoms with E-state index in [1.807, 2.05) is 0 Å². The van der Waals surface area contributed by atoms with Crippen LogP contribution in [-0.4, -0.2) is 22.1 Å². The van der Waals surface area contributed by atoms with Crippen molar-refractivity contribution < 1.29 is 13.2 Å². The minimum atomic E-state index is -3.79. The molecule has 6 heteroatoms. The van der Waals surface area contributed by atoms with Gasteiger partial charge < -0.3 is 10.1 Å². The molecule has 0 heterocycles. The van der Waals surface area contributed by atoms with Gasteiger partial charge in [-0.2, -0.15) is 0 Å². The van der Waals surface area contributed by atoms with Crippen LogP contribution >= 0.6 is 0 Å². The largest absolute Gasteiger partial charge is 0.495 e. The maximum Gasteiger partial charge on any atom is 0.241 e. The Morgan fingerprint density at radius 1 is 1.32 bits per heavy atom. The first-order valence-corrected chi connectivity index (χ1v) is 7.63. The van der Waals surface area contributed by atoms with E-state index in [9.17, 15) is 8.42 Å². The summed E-state index contributed by atoms with van der Waals surface area (Å²) in [4.78, 5) is -0.00393. The van der Waals surface area contributed by atoms with Crippen molar-refractivity contribution in [2.24, 2.45) is 10.6 Å². The Bertz CT molecular complexity index is 533. The lowest BCUT2D eigenvalue weighted by atomic mass is 9.92. The molecule has 0 amide bonds. The average Bonchev–Trinajstić information content (AvgIpc) is 2.26. The first kappa shape index (κ1) is 15.8. The number of anilines is 1. The molecule has 0 aromatic heterocycles. The summed E-state index contributed by atoms with van der Waals surface area (Å²) in [6.45, 7) is 7.22. The molecule has 5 nitrogen and oxygen atoms in total. The Morgan fingerprint density at radius 2 is 1.95 bits per heavy atom. The molecule has 0 bridgehead atoms. The van der Waals surface area contributed by atoms with Crippen molar-refractivity contribution in [3.63, 3.8) is 0 Å². The summed E-state index contributed by atoms with van der Waals surface area (Å²) in [6, 6.07) is 4.87. The fourth-order valence-electron chi connectivity index (χ4n) is 1.59.